The van der Waals surface area contributed by atoms with Gasteiger partial charge in [-0.05, 0) is 30.5 Å². The van der Waals surface area contributed by atoms with Gasteiger partial charge in [-0.1, -0.05) is 46.4 Å². The van der Waals surface area contributed by atoms with Crippen molar-refractivity contribution in [3.8, 4) is 0 Å². The zero-order valence-corrected chi connectivity index (χ0v) is 13.6. The highest BCUT2D eigenvalue weighted by molar-refractivity contribution is 9.10. The Morgan fingerprint density at radius 2 is 1.95 bits per heavy atom. The Labute approximate surface area is 135 Å². The summed E-state index contributed by atoms with van der Waals surface area (Å²) in [5.41, 5.74) is 0.580. The van der Waals surface area contributed by atoms with E-state index in [9.17, 15) is 18.0 Å². The molecule has 0 N–H and O–H groups in total. The molecule has 2 rings (SSSR count). The fraction of sp³-hybridized carbons (Fsp3) is 0.533. The topological polar surface area (TPSA) is 17.1 Å². The molecule has 1 saturated carbocycles. The van der Waals surface area contributed by atoms with Crippen LogP contribution in [-0.2, 0) is 11.2 Å². The van der Waals surface area contributed by atoms with Crippen molar-refractivity contribution in [2.75, 3.05) is 0 Å². The van der Waals surface area contributed by atoms with Gasteiger partial charge in [0, 0.05) is 21.8 Å². The summed E-state index contributed by atoms with van der Waals surface area (Å²) in [6.45, 7) is 0. The van der Waals surface area contributed by atoms with E-state index in [1.54, 1.807) is 18.2 Å². The van der Waals surface area contributed by atoms with Crippen molar-refractivity contribution in [2.24, 2.45) is 11.8 Å². The molecular formula is C15H15BrClF3O. The van der Waals surface area contributed by atoms with Gasteiger partial charge in [0.25, 0.3) is 0 Å². The van der Waals surface area contributed by atoms with Crippen molar-refractivity contribution in [1.82, 2.24) is 0 Å². The average molecular weight is 384 g/mol. The Kier molecular flexibility index (Phi) is 5.36. The molecule has 0 radical (unpaired) electrons. The highest BCUT2D eigenvalue weighted by Gasteiger charge is 2.47. The summed E-state index contributed by atoms with van der Waals surface area (Å²) in [7, 11) is 0. The Balaban J connectivity index is 2.14. The lowest BCUT2D eigenvalue weighted by Gasteiger charge is -2.32. The molecule has 1 aliphatic carbocycles. The highest BCUT2D eigenvalue weighted by Crippen LogP contribution is 2.42. The highest BCUT2D eigenvalue weighted by atomic mass is 79.9. The average Bonchev–Trinajstić information content (AvgIpc) is 2.41. The Morgan fingerprint density at radius 3 is 2.57 bits per heavy atom. The normalized spacial score (nSPS) is 23.1. The van der Waals surface area contributed by atoms with Crippen LogP contribution in [0.1, 0.15) is 31.2 Å². The molecule has 116 valence electrons. The van der Waals surface area contributed by atoms with Crippen LogP contribution in [0.2, 0.25) is 5.02 Å². The van der Waals surface area contributed by atoms with Gasteiger partial charge in [0.15, 0.2) is 0 Å². The molecule has 1 aromatic carbocycles. The van der Waals surface area contributed by atoms with E-state index in [-0.39, 0.29) is 18.6 Å². The minimum atomic E-state index is -4.30. The zero-order valence-electron chi connectivity index (χ0n) is 11.2. The molecule has 0 aliphatic heterocycles. The van der Waals surface area contributed by atoms with Crippen LogP contribution in [-0.4, -0.2) is 12.0 Å². The van der Waals surface area contributed by atoms with Crippen molar-refractivity contribution in [1.29, 1.82) is 0 Å². The monoisotopic (exact) mass is 382 g/mol. The van der Waals surface area contributed by atoms with Crippen molar-refractivity contribution < 1.29 is 18.0 Å². The summed E-state index contributed by atoms with van der Waals surface area (Å²) in [6.07, 6.45) is -2.76. The van der Waals surface area contributed by atoms with Gasteiger partial charge in [-0.25, -0.2) is 0 Å². The van der Waals surface area contributed by atoms with Crippen LogP contribution in [0.4, 0.5) is 13.2 Å². The molecule has 0 amide bonds. The minimum Gasteiger partial charge on any atom is -0.299 e. The van der Waals surface area contributed by atoms with Crippen LogP contribution < -0.4 is 0 Å². The second kappa shape index (κ2) is 6.69. The number of halogens is 5. The zero-order chi connectivity index (χ0) is 15.6. The molecule has 2 atom stereocenters. The molecule has 0 spiro atoms. The van der Waals surface area contributed by atoms with Gasteiger partial charge in [-0.15, -0.1) is 0 Å². The molecule has 1 fully saturated rings. The maximum atomic E-state index is 13.0. The first-order valence-electron chi connectivity index (χ1n) is 6.82. The number of carbonyl (C=O) groups excluding carboxylic acids is 1. The summed E-state index contributed by atoms with van der Waals surface area (Å²) in [6, 6.07) is 5.05. The third-order valence-electron chi connectivity index (χ3n) is 3.98. The van der Waals surface area contributed by atoms with E-state index in [4.69, 9.17) is 11.6 Å². The molecule has 1 aromatic rings. The van der Waals surface area contributed by atoms with Gasteiger partial charge < -0.3 is 0 Å². The molecular weight excluding hydrogens is 369 g/mol. The first kappa shape index (κ1) is 16.8. The number of hydrogen-bond donors (Lipinski definition) is 0. The predicted molar refractivity (Wildman–Crippen MR) is 79.4 cm³/mol. The maximum absolute atomic E-state index is 13.0. The van der Waals surface area contributed by atoms with E-state index in [1.165, 1.54) is 0 Å². The van der Waals surface area contributed by atoms with E-state index in [2.05, 4.69) is 15.9 Å². The number of benzene rings is 1. The number of alkyl halides is 3. The summed E-state index contributed by atoms with van der Waals surface area (Å²) in [4.78, 5) is 12.3. The first-order chi connectivity index (χ1) is 9.79. The molecule has 0 heterocycles. The van der Waals surface area contributed by atoms with Crippen LogP contribution in [0.5, 0.6) is 0 Å². The molecule has 0 bridgehead atoms. The first-order valence-corrected chi connectivity index (χ1v) is 7.99. The van der Waals surface area contributed by atoms with E-state index >= 15 is 0 Å². The third-order valence-corrected chi connectivity index (χ3v) is 4.82. The van der Waals surface area contributed by atoms with Gasteiger partial charge in [-0.3, -0.25) is 4.79 Å². The van der Waals surface area contributed by atoms with Gasteiger partial charge in [0.1, 0.15) is 5.78 Å². The number of rotatable bonds is 3. The maximum Gasteiger partial charge on any atom is 0.392 e. The van der Waals surface area contributed by atoms with Crippen LogP contribution >= 0.6 is 27.5 Å². The molecule has 6 heteroatoms. The molecule has 2 unspecified atom stereocenters. The summed E-state index contributed by atoms with van der Waals surface area (Å²) < 4.78 is 39.9. The largest absolute Gasteiger partial charge is 0.392 e. The van der Waals surface area contributed by atoms with Crippen molar-refractivity contribution in [2.45, 2.75) is 38.3 Å². The second-order valence-electron chi connectivity index (χ2n) is 5.42. The molecule has 21 heavy (non-hydrogen) atoms. The van der Waals surface area contributed by atoms with Crippen LogP contribution in [0.25, 0.3) is 0 Å². The lowest BCUT2D eigenvalue weighted by molar-refractivity contribution is -0.197. The van der Waals surface area contributed by atoms with Gasteiger partial charge in [0.05, 0.1) is 5.92 Å². The van der Waals surface area contributed by atoms with E-state index in [1.807, 2.05) is 0 Å². The van der Waals surface area contributed by atoms with Crippen molar-refractivity contribution >= 4 is 33.3 Å². The smallest absolute Gasteiger partial charge is 0.299 e. The van der Waals surface area contributed by atoms with Crippen LogP contribution in [0.3, 0.4) is 0 Å². The lowest BCUT2D eigenvalue weighted by Crippen LogP contribution is -2.37. The molecule has 1 aliphatic rings. The molecule has 0 aromatic heterocycles. The van der Waals surface area contributed by atoms with Crippen LogP contribution in [0, 0.1) is 11.8 Å². The fourth-order valence-corrected chi connectivity index (χ4v) is 3.63. The van der Waals surface area contributed by atoms with E-state index in [0.29, 0.717) is 29.8 Å². The SMILES string of the molecule is O=C(Cc1ccc(Br)cc1Cl)C1CCCCC1C(F)(F)F. The van der Waals surface area contributed by atoms with E-state index < -0.39 is 18.0 Å². The minimum absolute atomic E-state index is 0.0383. The van der Waals surface area contributed by atoms with Crippen molar-refractivity contribution in [3.05, 3.63) is 33.3 Å². The molecule has 0 saturated heterocycles. The number of carbonyl (C=O) groups is 1. The summed E-state index contributed by atoms with van der Waals surface area (Å²) in [5.74, 6) is -2.80. The standard InChI is InChI=1S/C15H15BrClF3O/c16-10-6-5-9(13(17)8-10)7-14(21)11-3-1-2-4-12(11)15(18,19)20/h5-6,8,11-12H,1-4,7H2. The second-order valence-corrected chi connectivity index (χ2v) is 6.74. The Bertz CT molecular complexity index is 530. The Morgan fingerprint density at radius 1 is 1.29 bits per heavy atom. The summed E-state index contributed by atoms with van der Waals surface area (Å²) >= 11 is 9.29. The third kappa shape index (κ3) is 4.22. The quantitative estimate of drug-likeness (QED) is 0.665. The molecule has 1 nitrogen and oxygen atoms in total. The van der Waals surface area contributed by atoms with Gasteiger partial charge in [-0.2, -0.15) is 13.2 Å². The van der Waals surface area contributed by atoms with E-state index in [0.717, 1.165) is 4.47 Å². The van der Waals surface area contributed by atoms with Crippen LogP contribution in [0.15, 0.2) is 22.7 Å². The van der Waals surface area contributed by atoms with Crippen molar-refractivity contribution in [3.63, 3.8) is 0 Å². The fourth-order valence-electron chi connectivity index (χ4n) is 2.89. The lowest BCUT2D eigenvalue weighted by atomic mass is 9.75. The number of ketones is 1. The summed E-state index contributed by atoms with van der Waals surface area (Å²) in [5, 5.41) is 0.400. The predicted octanol–water partition coefficient (Wildman–Crippen LogP) is 5.58. The van der Waals surface area contributed by atoms with Gasteiger partial charge >= 0.3 is 6.18 Å². The Hall–Kier alpha value is -0.550. The number of Topliss-reactive ketones (excluding diaryl/α,β-unsaturated/α-hetero) is 1. The van der Waals surface area contributed by atoms with Gasteiger partial charge in [0.2, 0.25) is 0 Å². The number of hydrogen-bond acceptors (Lipinski definition) is 1.